The Morgan fingerprint density at radius 2 is 1.97 bits per heavy atom. The number of pyridine rings is 1. The number of hydrogen-bond donors (Lipinski definition) is 1. The molecule has 10 nitrogen and oxygen atoms in total. The van der Waals surface area contributed by atoms with Crippen molar-refractivity contribution in [1.82, 2.24) is 14.9 Å². The summed E-state index contributed by atoms with van der Waals surface area (Å²) >= 11 is 1.32. The van der Waals surface area contributed by atoms with Crippen LogP contribution < -0.4 is 14.4 Å². The van der Waals surface area contributed by atoms with E-state index in [1.807, 2.05) is 39.8 Å². The van der Waals surface area contributed by atoms with Crippen molar-refractivity contribution in [3.63, 3.8) is 0 Å². The maximum atomic E-state index is 13.7. The van der Waals surface area contributed by atoms with Crippen molar-refractivity contribution < 1.29 is 22.7 Å². The van der Waals surface area contributed by atoms with Crippen LogP contribution in [0, 0.1) is 6.92 Å². The van der Waals surface area contributed by atoms with Gasteiger partial charge in [-0.1, -0.05) is 12.1 Å². The van der Waals surface area contributed by atoms with Gasteiger partial charge in [-0.2, -0.15) is 8.42 Å². The number of amides is 1. The monoisotopic (exact) mass is 559 g/mol. The molecule has 2 aromatic heterocycles. The Hall–Kier alpha value is -3.38. The molecule has 1 saturated heterocycles. The molecule has 4 rings (SSSR count). The lowest BCUT2D eigenvalue weighted by atomic mass is 10.2. The van der Waals surface area contributed by atoms with E-state index >= 15 is 0 Å². The van der Waals surface area contributed by atoms with Crippen LogP contribution in [-0.4, -0.2) is 61.2 Å². The molecular formula is C26H33N5O5S2. The van der Waals surface area contributed by atoms with Crippen LogP contribution in [0.15, 0.2) is 52.4 Å². The number of rotatable bonds is 8. The van der Waals surface area contributed by atoms with Gasteiger partial charge in [0.15, 0.2) is 10.8 Å². The number of aromatic nitrogens is 2. The average Bonchev–Trinajstić information content (AvgIpc) is 3.55. The molecule has 3 heterocycles. The molecule has 0 bridgehead atoms. The Bertz CT molecular complexity index is 1360. The van der Waals surface area contributed by atoms with E-state index in [9.17, 15) is 13.2 Å². The second kappa shape index (κ2) is 11.2. The molecule has 1 amide bonds. The lowest BCUT2D eigenvalue weighted by Gasteiger charge is -2.24. The Balaban J connectivity index is 1.50. The van der Waals surface area contributed by atoms with E-state index in [1.54, 1.807) is 41.1 Å². The summed E-state index contributed by atoms with van der Waals surface area (Å²) in [4.78, 5) is 22.6. The fourth-order valence-corrected chi connectivity index (χ4v) is 6.05. The molecule has 0 unspecified atom stereocenters. The molecule has 1 atom stereocenters. The zero-order valence-corrected chi connectivity index (χ0v) is 23.8. The van der Waals surface area contributed by atoms with Gasteiger partial charge in [-0.15, -0.1) is 11.3 Å². The largest absolute Gasteiger partial charge is 0.497 e. The Morgan fingerprint density at radius 1 is 1.24 bits per heavy atom. The predicted octanol–water partition coefficient (Wildman–Crippen LogP) is 4.67. The van der Waals surface area contributed by atoms with Crippen LogP contribution in [0.2, 0.25) is 0 Å². The highest BCUT2D eigenvalue weighted by molar-refractivity contribution is 7.92. The molecule has 38 heavy (non-hydrogen) atoms. The lowest BCUT2D eigenvalue weighted by Crippen LogP contribution is -2.36. The Labute approximate surface area is 227 Å². The van der Waals surface area contributed by atoms with Gasteiger partial charge >= 0.3 is 6.09 Å². The third kappa shape index (κ3) is 6.54. The summed E-state index contributed by atoms with van der Waals surface area (Å²) in [5.41, 5.74) is 3.28. The number of hydrogen-bond acceptors (Lipinski definition) is 9. The van der Waals surface area contributed by atoms with Gasteiger partial charge in [-0.3, -0.25) is 0 Å². The second-order valence-electron chi connectivity index (χ2n) is 10.1. The Kier molecular flexibility index (Phi) is 8.12. The fraction of sp³-hybridized carbons (Fsp3) is 0.423. The third-order valence-electron chi connectivity index (χ3n) is 6.00. The average molecular weight is 560 g/mol. The van der Waals surface area contributed by atoms with E-state index < -0.39 is 15.6 Å². The molecule has 204 valence electrons. The van der Waals surface area contributed by atoms with Crippen molar-refractivity contribution in [1.29, 1.82) is 0 Å². The van der Waals surface area contributed by atoms with Crippen molar-refractivity contribution >= 4 is 39.0 Å². The molecule has 1 N–H and O–H groups in total. The first kappa shape index (κ1) is 27.6. The minimum atomic E-state index is -4.00. The third-order valence-corrected chi connectivity index (χ3v) is 8.22. The number of anilines is 2. The van der Waals surface area contributed by atoms with Gasteiger partial charge in [-0.25, -0.2) is 19.1 Å². The van der Waals surface area contributed by atoms with Crippen LogP contribution in [0.5, 0.6) is 5.75 Å². The molecule has 1 aromatic carbocycles. The first-order valence-electron chi connectivity index (χ1n) is 12.2. The molecule has 0 aliphatic carbocycles. The standard InChI is InChI=1S/C26H33N5O5S2/c1-18-12-24(27-13-22(18)29-20-10-11-30(15-20)25(32)36-26(2,3)4)38(33,34)31(23-16-37-17-28-23)14-19-6-8-21(35-5)9-7-19/h6-9,12-13,16-17,20,29H,10-11,14-15H2,1-5H3/t20-/m0/s1. The van der Waals surface area contributed by atoms with Crippen LogP contribution >= 0.6 is 11.3 Å². The molecular weight excluding hydrogens is 526 g/mol. The van der Waals surface area contributed by atoms with Crippen molar-refractivity contribution in [2.24, 2.45) is 0 Å². The van der Waals surface area contributed by atoms with E-state index in [-0.39, 0.29) is 23.7 Å². The number of nitrogens with one attached hydrogen (secondary N) is 1. The van der Waals surface area contributed by atoms with E-state index in [4.69, 9.17) is 9.47 Å². The Morgan fingerprint density at radius 3 is 2.58 bits per heavy atom. The van der Waals surface area contributed by atoms with E-state index in [0.717, 1.165) is 23.2 Å². The maximum Gasteiger partial charge on any atom is 0.410 e. The van der Waals surface area contributed by atoms with Crippen molar-refractivity contribution in [3.8, 4) is 5.75 Å². The first-order valence-corrected chi connectivity index (χ1v) is 14.6. The summed E-state index contributed by atoms with van der Waals surface area (Å²) in [5.74, 6) is 1.02. The topological polar surface area (TPSA) is 114 Å². The molecule has 3 aromatic rings. The normalized spacial score (nSPS) is 15.8. The molecule has 0 spiro atoms. The van der Waals surface area contributed by atoms with Gasteiger partial charge in [0, 0.05) is 24.5 Å². The highest BCUT2D eigenvalue weighted by Gasteiger charge is 2.31. The van der Waals surface area contributed by atoms with Crippen molar-refractivity contribution in [2.75, 3.05) is 29.8 Å². The number of carbonyl (C=O) groups is 1. The number of benzene rings is 1. The van der Waals surface area contributed by atoms with Gasteiger partial charge in [0.05, 0.1) is 31.0 Å². The zero-order chi connectivity index (χ0) is 27.5. The number of nitrogens with zero attached hydrogens (tertiary/aromatic N) is 4. The highest BCUT2D eigenvalue weighted by atomic mass is 32.2. The second-order valence-corrected chi connectivity index (χ2v) is 12.6. The van der Waals surface area contributed by atoms with Gasteiger partial charge in [0.25, 0.3) is 10.0 Å². The number of aryl methyl sites for hydroxylation is 1. The molecule has 0 radical (unpaired) electrons. The SMILES string of the molecule is COc1ccc(CN(c2cscn2)S(=O)(=O)c2cc(C)c(N[C@H]3CCN(C(=O)OC(C)(C)C)C3)cn2)cc1. The van der Waals surface area contributed by atoms with Crippen molar-refractivity contribution in [2.45, 2.75) is 57.3 Å². The number of carbonyl (C=O) groups excluding carboxylic acids is 1. The van der Waals surface area contributed by atoms with E-state index in [1.165, 1.54) is 21.8 Å². The van der Waals surface area contributed by atoms with E-state index in [2.05, 4.69) is 15.3 Å². The summed E-state index contributed by atoms with van der Waals surface area (Å²) in [7, 11) is -2.42. The van der Waals surface area contributed by atoms with Crippen LogP contribution in [0.4, 0.5) is 16.3 Å². The van der Waals surface area contributed by atoms with Gasteiger partial charge < -0.3 is 19.7 Å². The molecule has 12 heteroatoms. The highest BCUT2D eigenvalue weighted by Crippen LogP contribution is 2.28. The number of thiazole rings is 1. The smallest absolute Gasteiger partial charge is 0.410 e. The van der Waals surface area contributed by atoms with Crippen molar-refractivity contribution in [3.05, 3.63) is 58.5 Å². The summed E-state index contributed by atoms with van der Waals surface area (Å²) in [5, 5.41) is 5.03. The molecule has 1 aliphatic heterocycles. The zero-order valence-electron chi connectivity index (χ0n) is 22.2. The fourth-order valence-electron chi connectivity index (χ4n) is 4.04. The minimum Gasteiger partial charge on any atom is -0.497 e. The lowest BCUT2D eigenvalue weighted by molar-refractivity contribution is 0.0293. The van der Waals surface area contributed by atoms with Crippen LogP contribution in [0.25, 0.3) is 0 Å². The maximum absolute atomic E-state index is 13.7. The van der Waals surface area contributed by atoms with Gasteiger partial charge in [0.1, 0.15) is 11.4 Å². The number of sulfonamides is 1. The van der Waals surface area contributed by atoms with E-state index in [0.29, 0.717) is 24.7 Å². The van der Waals surface area contributed by atoms with Crippen LogP contribution in [-0.2, 0) is 21.3 Å². The number of methoxy groups -OCH3 is 1. The molecule has 0 saturated carbocycles. The number of ether oxygens (including phenoxy) is 2. The predicted molar refractivity (Wildman–Crippen MR) is 147 cm³/mol. The van der Waals surface area contributed by atoms with Gasteiger partial charge in [0.2, 0.25) is 0 Å². The molecule has 1 fully saturated rings. The summed E-state index contributed by atoms with van der Waals surface area (Å²) in [6.45, 7) is 8.53. The van der Waals surface area contributed by atoms with Crippen LogP contribution in [0.1, 0.15) is 38.3 Å². The molecule has 1 aliphatic rings. The summed E-state index contributed by atoms with van der Waals surface area (Å²) in [6.07, 6.45) is 1.94. The quantitative estimate of drug-likeness (QED) is 0.424. The van der Waals surface area contributed by atoms with Crippen LogP contribution in [0.3, 0.4) is 0 Å². The minimum absolute atomic E-state index is 0.00653. The van der Waals surface area contributed by atoms with Gasteiger partial charge in [-0.05, 0) is 63.4 Å². The number of likely N-dealkylation sites (tertiary alicyclic amines) is 1. The summed E-state index contributed by atoms with van der Waals surface area (Å²) < 4.78 is 39.4. The first-order chi connectivity index (χ1) is 18.0. The summed E-state index contributed by atoms with van der Waals surface area (Å²) in [6, 6.07) is 8.79.